The largest absolute Gasteiger partial charge is 0.443 e. The smallest absolute Gasteiger partial charge is 0.418 e. The SMILES string of the molecule is CN(C(=O)F)C(=O)OC(C)(C)C. The van der Waals surface area contributed by atoms with Gasteiger partial charge in [0, 0.05) is 7.05 Å². The fourth-order valence-corrected chi connectivity index (χ4v) is 0.402. The number of imide groups is 1. The Morgan fingerprint density at radius 3 is 2.00 bits per heavy atom. The molecule has 0 radical (unpaired) electrons. The second kappa shape index (κ2) is 3.51. The Labute approximate surface area is 70.3 Å². The molecule has 0 N–H and O–H groups in total. The minimum atomic E-state index is -1.83. The predicted molar refractivity (Wildman–Crippen MR) is 40.5 cm³/mol. The number of carbonyl (C=O) groups excluding carboxylic acids is 2. The molecule has 0 atom stereocenters. The topological polar surface area (TPSA) is 46.6 Å². The Hall–Kier alpha value is -1.13. The highest BCUT2D eigenvalue weighted by Crippen LogP contribution is 2.09. The van der Waals surface area contributed by atoms with E-state index < -0.39 is 17.9 Å². The highest BCUT2D eigenvalue weighted by atomic mass is 19.1. The number of hydrogen-bond acceptors (Lipinski definition) is 3. The van der Waals surface area contributed by atoms with Crippen LogP contribution in [0.1, 0.15) is 20.8 Å². The van der Waals surface area contributed by atoms with Gasteiger partial charge in [-0.1, -0.05) is 0 Å². The lowest BCUT2D eigenvalue weighted by Gasteiger charge is -2.21. The summed E-state index contributed by atoms with van der Waals surface area (Å²) in [5.74, 6) is 0. The zero-order valence-corrected chi connectivity index (χ0v) is 7.55. The fraction of sp³-hybridized carbons (Fsp3) is 0.714. The minimum absolute atomic E-state index is 0.269. The number of halogens is 1. The summed E-state index contributed by atoms with van der Waals surface area (Å²) >= 11 is 0. The van der Waals surface area contributed by atoms with Crippen LogP contribution in [-0.4, -0.2) is 29.8 Å². The molecular weight excluding hydrogens is 165 g/mol. The number of rotatable bonds is 0. The van der Waals surface area contributed by atoms with Crippen molar-refractivity contribution in [1.29, 1.82) is 0 Å². The summed E-state index contributed by atoms with van der Waals surface area (Å²) in [4.78, 5) is 21.1. The Morgan fingerprint density at radius 2 is 1.75 bits per heavy atom. The van der Waals surface area contributed by atoms with Crippen LogP contribution in [0.2, 0.25) is 0 Å². The summed E-state index contributed by atoms with van der Waals surface area (Å²) in [6, 6.07) is 0. The molecule has 0 rings (SSSR count). The Bertz CT molecular complexity index is 197. The Balaban J connectivity index is 4.15. The number of hydrogen-bond donors (Lipinski definition) is 0. The highest BCUT2D eigenvalue weighted by molar-refractivity contribution is 5.86. The van der Waals surface area contributed by atoms with E-state index in [1.54, 1.807) is 20.8 Å². The van der Waals surface area contributed by atoms with Crippen molar-refractivity contribution in [1.82, 2.24) is 4.90 Å². The molecule has 70 valence electrons. The minimum Gasteiger partial charge on any atom is -0.443 e. The molecule has 5 heteroatoms. The van der Waals surface area contributed by atoms with Gasteiger partial charge in [0.1, 0.15) is 5.60 Å². The van der Waals surface area contributed by atoms with Gasteiger partial charge in [-0.25, -0.2) is 14.5 Å². The molecule has 0 saturated heterocycles. The molecule has 12 heavy (non-hydrogen) atoms. The number of amides is 2. The first-order chi connectivity index (χ1) is 5.24. The zero-order valence-electron chi connectivity index (χ0n) is 7.55. The molecule has 0 aliphatic carbocycles. The van der Waals surface area contributed by atoms with Gasteiger partial charge in [0.05, 0.1) is 0 Å². The van der Waals surface area contributed by atoms with E-state index in [2.05, 4.69) is 4.74 Å². The molecule has 0 bridgehead atoms. The van der Waals surface area contributed by atoms with Gasteiger partial charge < -0.3 is 4.74 Å². The Morgan fingerprint density at radius 1 is 1.33 bits per heavy atom. The van der Waals surface area contributed by atoms with Crippen molar-refractivity contribution in [3.05, 3.63) is 0 Å². The maximum Gasteiger partial charge on any atom is 0.418 e. The van der Waals surface area contributed by atoms with Crippen LogP contribution in [0.4, 0.5) is 14.0 Å². The quantitative estimate of drug-likeness (QED) is 0.419. The molecule has 0 heterocycles. The van der Waals surface area contributed by atoms with Crippen LogP contribution in [0, 0.1) is 0 Å². The average molecular weight is 177 g/mol. The molecule has 0 spiro atoms. The van der Waals surface area contributed by atoms with E-state index >= 15 is 0 Å². The van der Waals surface area contributed by atoms with Crippen LogP contribution in [0.15, 0.2) is 0 Å². The van der Waals surface area contributed by atoms with Crippen molar-refractivity contribution in [2.75, 3.05) is 7.05 Å². The lowest BCUT2D eigenvalue weighted by atomic mass is 10.2. The van der Waals surface area contributed by atoms with Crippen molar-refractivity contribution < 1.29 is 18.7 Å². The summed E-state index contributed by atoms with van der Waals surface area (Å²) in [5, 5.41) is 0. The van der Waals surface area contributed by atoms with Gasteiger partial charge in [-0.3, -0.25) is 0 Å². The summed E-state index contributed by atoms with van der Waals surface area (Å²) < 4.78 is 16.6. The molecule has 0 aliphatic heterocycles. The summed E-state index contributed by atoms with van der Waals surface area (Å²) in [5.41, 5.74) is -0.721. The highest BCUT2D eigenvalue weighted by Gasteiger charge is 2.23. The van der Waals surface area contributed by atoms with Crippen LogP contribution in [-0.2, 0) is 4.74 Å². The van der Waals surface area contributed by atoms with Gasteiger partial charge in [0.25, 0.3) is 0 Å². The van der Waals surface area contributed by atoms with Crippen LogP contribution < -0.4 is 0 Å². The predicted octanol–water partition coefficient (Wildman–Crippen LogP) is 1.94. The maximum atomic E-state index is 11.9. The summed E-state index contributed by atoms with van der Waals surface area (Å²) in [6.07, 6.45) is -2.82. The van der Waals surface area contributed by atoms with Gasteiger partial charge in [0.2, 0.25) is 0 Å². The molecule has 0 aliphatic rings. The molecule has 0 aromatic rings. The summed E-state index contributed by atoms with van der Waals surface area (Å²) in [6.45, 7) is 4.88. The third kappa shape index (κ3) is 3.90. The average Bonchev–Trinajstić information content (AvgIpc) is 1.82. The van der Waals surface area contributed by atoms with E-state index in [0.29, 0.717) is 0 Å². The van der Waals surface area contributed by atoms with Crippen LogP contribution in [0.5, 0.6) is 0 Å². The third-order valence-electron chi connectivity index (χ3n) is 0.931. The molecule has 4 nitrogen and oxygen atoms in total. The van der Waals surface area contributed by atoms with E-state index in [0.717, 1.165) is 7.05 Å². The van der Waals surface area contributed by atoms with Crippen molar-refractivity contribution in [3.63, 3.8) is 0 Å². The fourth-order valence-electron chi connectivity index (χ4n) is 0.402. The number of ether oxygens (including phenoxy) is 1. The molecule has 2 amide bonds. The van der Waals surface area contributed by atoms with Crippen LogP contribution in [0.25, 0.3) is 0 Å². The van der Waals surface area contributed by atoms with E-state index in [1.165, 1.54) is 0 Å². The lowest BCUT2D eigenvalue weighted by Crippen LogP contribution is -2.35. The Kier molecular flexibility index (Phi) is 3.18. The van der Waals surface area contributed by atoms with Crippen molar-refractivity contribution in [3.8, 4) is 0 Å². The zero-order chi connectivity index (χ0) is 9.94. The number of nitrogens with zero attached hydrogens (tertiary/aromatic N) is 1. The first-order valence-electron chi connectivity index (χ1n) is 3.40. The number of carbonyl (C=O) groups is 2. The van der Waals surface area contributed by atoms with Crippen molar-refractivity contribution in [2.45, 2.75) is 26.4 Å². The standard InChI is InChI=1S/C7H12FNO3/c1-7(2,3)12-6(11)9(4)5(8)10/h1-4H3. The second-order valence-electron chi connectivity index (χ2n) is 3.29. The second-order valence-corrected chi connectivity index (χ2v) is 3.29. The molecule has 0 aromatic heterocycles. The van der Waals surface area contributed by atoms with E-state index in [1.807, 2.05) is 0 Å². The maximum absolute atomic E-state index is 11.9. The lowest BCUT2D eigenvalue weighted by molar-refractivity contribution is 0.0340. The van der Waals surface area contributed by atoms with Gasteiger partial charge in [-0.05, 0) is 20.8 Å². The molecule has 0 fully saturated rings. The van der Waals surface area contributed by atoms with Crippen molar-refractivity contribution >= 4 is 12.3 Å². The summed E-state index contributed by atoms with van der Waals surface area (Å²) in [7, 11) is 1.01. The third-order valence-corrected chi connectivity index (χ3v) is 0.931. The van der Waals surface area contributed by atoms with Gasteiger partial charge in [0.15, 0.2) is 0 Å². The molecule has 0 aromatic carbocycles. The van der Waals surface area contributed by atoms with Crippen molar-refractivity contribution in [2.24, 2.45) is 0 Å². The molecule has 0 unspecified atom stereocenters. The molecular formula is C7H12FNO3. The van der Waals surface area contributed by atoms with E-state index in [4.69, 9.17) is 0 Å². The molecule has 0 saturated carbocycles. The van der Waals surface area contributed by atoms with Gasteiger partial charge >= 0.3 is 12.3 Å². The van der Waals surface area contributed by atoms with E-state index in [9.17, 15) is 14.0 Å². The van der Waals surface area contributed by atoms with Crippen LogP contribution in [0.3, 0.4) is 0 Å². The first-order valence-corrected chi connectivity index (χ1v) is 3.40. The van der Waals surface area contributed by atoms with Crippen LogP contribution >= 0.6 is 0 Å². The van der Waals surface area contributed by atoms with Gasteiger partial charge in [-0.15, -0.1) is 4.39 Å². The normalized spacial score (nSPS) is 10.8. The first kappa shape index (κ1) is 10.9. The monoisotopic (exact) mass is 177 g/mol. The van der Waals surface area contributed by atoms with Gasteiger partial charge in [-0.2, -0.15) is 0 Å². The van der Waals surface area contributed by atoms with E-state index in [-0.39, 0.29) is 4.90 Å².